The van der Waals surface area contributed by atoms with Gasteiger partial charge >= 0.3 is 0 Å². The van der Waals surface area contributed by atoms with Crippen molar-refractivity contribution in [1.29, 1.82) is 42.1 Å². The number of rotatable bonds is 2. The lowest BCUT2D eigenvalue weighted by Crippen LogP contribution is -2.06. The van der Waals surface area contributed by atoms with Crippen LogP contribution in [0.15, 0.2) is 23.5 Å². The summed E-state index contributed by atoms with van der Waals surface area (Å²) in [6, 6.07) is 12.0. The molecule has 46 heavy (non-hydrogen) atoms. The third kappa shape index (κ3) is 3.92. The second kappa shape index (κ2) is 11.0. The molecule has 0 amide bonds. The van der Waals surface area contributed by atoms with Crippen molar-refractivity contribution >= 4 is 33.4 Å². The third-order valence-corrected chi connectivity index (χ3v) is 6.77. The van der Waals surface area contributed by atoms with E-state index in [1.165, 1.54) is 36.4 Å². The first-order valence-corrected chi connectivity index (χ1v) is 12.0. The number of aromatic nitrogens is 4. The molecule has 1 aromatic carbocycles. The van der Waals surface area contributed by atoms with E-state index in [1.807, 2.05) is 0 Å². The van der Waals surface area contributed by atoms with Crippen LogP contribution >= 0.6 is 0 Å². The lowest BCUT2D eigenvalue weighted by Gasteiger charge is -2.14. The Labute approximate surface area is 253 Å². The molecule has 0 fully saturated rings. The van der Waals surface area contributed by atoms with Crippen LogP contribution < -0.4 is 0 Å². The van der Waals surface area contributed by atoms with Crippen molar-refractivity contribution < 1.29 is 17.6 Å². The van der Waals surface area contributed by atoms with Crippen LogP contribution in [0, 0.1) is 114 Å². The van der Waals surface area contributed by atoms with E-state index < -0.39 is 113 Å². The highest BCUT2D eigenvalue weighted by Gasteiger charge is 2.45. The summed E-state index contributed by atoms with van der Waals surface area (Å²) in [4.78, 5) is 13.8. The van der Waals surface area contributed by atoms with E-state index in [0.717, 1.165) is 0 Å². The van der Waals surface area contributed by atoms with Crippen LogP contribution in [0.5, 0.6) is 0 Å². The molecule has 0 saturated carbocycles. The summed E-state index contributed by atoms with van der Waals surface area (Å²) < 4.78 is 64.1. The molecule has 0 unspecified atom stereocenters. The molecule has 0 N–H and O–H groups in total. The van der Waals surface area contributed by atoms with Crippen molar-refractivity contribution in [3.05, 3.63) is 92.1 Å². The van der Waals surface area contributed by atoms with Gasteiger partial charge in [0.1, 0.15) is 71.3 Å². The Kier molecular flexibility index (Phi) is 7.05. The second-order valence-electron chi connectivity index (χ2n) is 8.82. The first-order chi connectivity index (χ1) is 22.2. The summed E-state index contributed by atoms with van der Waals surface area (Å²) in [6.45, 7) is 0. The number of benzene rings is 1. The van der Waals surface area contributed by atoms with Crippen LogP contribution in [0.25, 0.3) is 33.4 Å². The molecule has 0 atom stereocenters. The highest BCUT2D eigenvalue weighted by molar-refractivity contribution is 6.30. The summed E-state index contributed by atoms with van der Waals surface area (Å²) in [6.07, 6.45) is 1.38. The Balaban J connectivity index is 2.04. The Morgan fingerprint density at radius 1 is 0.500 bits per heavy atom. The van der Waals surface area contributed by atoms with E-state index in [9.17, 15) is 31.6 Å². The number of fused-ring (bicyclic) bond motifs is 2. The first-order valence-electron chi connectivity index (χ1n) is 12.0. The van der Waals surface area contributed by atoms with E-state index in [0.29, 0.717) is 12.4 Å². The van der Waals surface area contributed by atoms with Crippen LogP contribution in [0.3, 0.4) is 0 Å². The van der Waals surface area contributed by atoms with Gasteiger partial charge in [0.2, 0.25) is 23.5 Å². The van der Waals surface area contributed by atoms with Gasteiger partial charge in [0.15, 0.2) is 0 Å². The smallest absolute Gasteiger partial charge is 0.227 e. The van der Waals surface area contributed by atoms with Crippen molar-refractivity contribution in [2.45, 2.75) is 0 Å². The molecule has 0 aliphatic heterocycles. The van der Waals surface area contributed by atoms with Crippen molar-refractivity contribution in [2.75, 3.05) is 0 Å². The fourth-order valence-corrected chi connectivity index (χ4v) is 5.08. The van der Waals surface area contributed by atoms with Gasteiger partial charge in [-0.15, -0.1) is 0 Å². The van der Waals surface area contributed by atoms with Gasteiger partial charge in [0, 0.05) is 56.9 Å². The Morgan fingerprint density at radius 3 is 1.13 bits per heavy atom. The van der Waals surface area contributed by atoms with Gasteiger partial charge in [-0.25, -0.2) is 18.7 Å². The standard InChI is InChI=1S/C30H2F4N12/c31-27-23-13(5-39)21(15-9-43-17(7-41)45-29(15)33)19(11(1-35)2-36)25(23)28(32)26-20(12(3-37)4-38)22(14(6-40)24(26)27)16-10-44-18(8-42)46-30(16)34/h9-10H. The number of allylic oxidation sites excluding steroid dienone is 8. The predicted octanol–water partition coefficient (Wildman–Crippen LogP) is 4.06. The van der Waals surface area contributed by atoms with Crippen LogP contribution in [0.2, 0.25) is 0 Å². The summed E-state index contributed by atoms with van der Waals surface area (Å²) in [5.41, 5.74) is -11.9. The molecule has 0 spiro atoms. The normalized spacial score (nSPS) is 12.3. The molecule has 210 valence electrons. The van der Waals surface area contributed by atoms with E-state index in [-0.39, 0.29) is 0 Å². The molecule has 16 heteroatoms. The molecule has 0 saturated heterocycles. The van der Waals surface area contributed by atoms with Crippen molar-refractivity contribution in [3.8, 4) is 48.6 Å². The lowest BCUT2D eigenvalue weighted by atomic mass is 9.88. The second-order valence-corrected chi connectivity index (χ2v) is 8.82. The summed E-state index contributed by atoms with van der Waals surface area (Å²) >= 11 is 0. The maximum atomic E-state index is 17.0. The molecule has 0 bridgehead atoms. The van der Waals surface area contributed by atoms with E-state index in [1.54, 1.807) is 12.1 Å². The van der Waals surface area contributed by atoms with Gasteiger partial charge in [0.05, 0.1) is 22.3 Å². The van der Waals surface area contributed by atoms with E-state index >= 15 is 17.6 Å². The number of hydrogen-bond acceptors (Lipinski definition) is 12. The number of halogens is 4. The van der Waals surface area contributed by atoms with Crippen LogP contribution in [-0.2, 0) is 0 Å². The highest BCUT2D eigenvalue weighted by Crippen LogP contribution is 2.57. The van der Waals surface area contributed by atoms with Crippen LogP contribution in [-0.4, -0.2) is 19.9 Å². The largest absolute Gasteiger partial charge is 0.234 e. The van der Waals surface area contributed by atoms with E-state index in [4.69, 9.17) is 10.5 Å². The zero-order chi connectivity index (χ0) is 33.4. The predicted molar refractivity (Wildman–Crippen MR) is 141 cm³/mol. The Bertz CT molecular complexity index is 2300. The topological polar surface area (TPSA) is 242 Å². The average molecular weight is 606 g/mol. The minimum absolute atomic E-state index is 0.663. The maximum Gasteiger partial charge on any atom is 0.234 e. The van der Waals surface area contributed by atoms with Crippen molar-refractivity contribution in [3.63, 3.8) is 0 Å². The first kappa shape index (κ1) is 29.5. The fourth-order valence-electron chi connectivity index (χ4n) is 5.08. The van der Waals surface area contributed by atoms with Crippen molar-refractivity contribution in [2.24, 2.45) is 0 Å². The van der Waals surface area contributed by atoms with Gasteiger partial charge < -0.3 is 0 Å². The van der Waals surface area contributed by atoms with Crippen LogP contribution in [0.4, 0.5) is 17.6 Å². The summed E-state index contributed by atoms with van der Waals surface area (Å²) in [5, 5.41) is 77.3. The molecule has 0 radical (unpaired) electrons. The highest BCUT2D eigenvalue weighted by atomic mass is 19.1. The van der Waals surface area contributed by atoms with Crippen LogP contribution in [0.1, 0.15) is 45.0 Å². The molecule has 2 aromatic heterocycles. The van der Waals surface area contributed by atoms with Gasteiger partial charge in [-0.05, 0) is 0 Å². The number of hydrogen-bond donors (Lipinski definition) is 0. The fraction of sp³-hybridized carbons (Fsp3) is 0. The van der Waals surface area contributed by atoms with Crippen molar-refractivity contribution in [1.82, 2.24) is 19.9 Å². The quantitative estimate of drug-likeness (QED) is 0.228. The van der Waals surface area contributed by atoms with Gasteiger partial charge in [-0.3, -0.25) is 0 Å². The minimum Gasteiger partial charge on any atom is -0.227 e. The van der Waals surface area contributed by atoms with E-state index in [2.05, 4.69) is 19.9 Å². The maximum absolute atomic E-state index is 17.0. The molecule has 3 aromatic rings. The molecule has 5 rings (SSSR count). The lowest BCUT2D eigenvalue weighted by molar-refractivity contribution is 0.573. The molecular weight excluding hydrogens is 604 g/mol. The molecule has 2 aliphatic carbocycles. The minimum atomic E-state index is -1.59. The van der Waals surface area contributed by atoms with Gasteiger partial charge in [-0.1, -0.05) is 0 Å². The zero-order valence-corrected chi connectivity index (χ0v) is 22.0. The summed E-state index contributed by atoms with van der Waals surface area (Å²) in [7, 11) is 0. The SMILES string of the molecule is N#CC(C#N)=C1C(c2cnc(C#N)nc2F)=C(C#N)c2c(F)c3c(c(F)c21)C(=C(C#N)C#N)C(c1cnc(C#N)nc1F)=C3C#N. The monoisotopic (exact) mass is 606 g/mol. The Hall–Kier alpha value is -8.02. The van der Waals surface area contributed by atoms with Gasteiger partial charge in [-0.2, -0.15) is 60.8 Å². The average Bonchev–Trinajstić information content (AvgIpc) is 3.59. The molecule has 2 heterocycles. The molecule has 12 nitrogen and oxygen atoms in total. The molecule has 2 aliphatic rings. The number of nitrogens with zero attached hydrogens (tertiary/aromatic N) is 12. The van der Waals surface area contributed by atoms with Gasteiger partial charge in [0.25, 0.3) is 0 Å². The summed E-state index contributed by atoms with van der Waals surface area (Å²) in [5.74, 6) is -7.39. The zero-order valence-electron chi connectivity index (χ0n) is 22.0. The third-order valence-electron chi connectivity index (χ3n) is 6.77. The number of nitriles is 8. The Morgan fingerprint density at radius 2 is 0.848 bits per heavy atom. The molecular formula is C30H2F4N12.